The van der Waals surface area contributed by atoms with E-state index in [0.717, 1.165) is 35.8 Å². The van der Waals surface area contributed by atoms with Gasteiger partial charge in [-0.1, -0.05) is 12.1 Å². The van der Waals surface area contributed by atoms with Crippen molar-refractivity contribution in [3.05, 3.63) is 29.3 Å². The van der Waals surface area contributed by atoms with Crippen LogP contribution in [0, 0.1) is 6.92 Å². The van der Waals surface area contributed by atoms with E-state index in [1.165, 1.54) is 0 Å². The molecule has 0 aliphatic carbocycles. The molecule has 2 aromatic heterocycles. The molecule has 0 atom stereocenters. The zero-order valence-corrected chi connectivity index (χ0v) is 10.5. The molecule has 0 saturated heterocycles. The lowest BCUT2D eigenvalue weighted by Gasteiger charge is -2.00. The lowest BCUT2D eigenvalue weighted by molar-refractivity contribution is 0.380. The molecule has 0 amide bonds. The number of aromatic nitrogens is 3. The van der Waals surface area contributed by atoms with Gasteiger partial charge in [-0.15, -0.1) is 0 Å². The molecule has 92 valence electrons. The number of aryl methyl sites for hydroxylation is 2. The third-order valence-electron chi connectivity index (χ3n) is 2.84. The third kappa shape index (κ3) is 2.49. The van der Waals surface area contributed by atoms with Gasteiger partial charge >= 0.3 is 0 Å². The molecule has 0 fully saturated rings. The maximum Gasteiger partial charge on any atom is 0.148 e. The van der Waals surface area contributed by atoms with Crippen LogP contribution in [0.4, 0.5) is 5.82 Å². The SMILES string of the molecule is CCc1onc(CNc2ccn(CC)n2)c1C. The van der Waals surface area contributed by atoms with Gasteiger partial charge in [-0.3, -0.25) is 4.68 Å². The van der Waals surface area contributed by atoms with Gasteiger partial charge in [-0.25, -0.2) is 0 Å². The highest BCUT2D eigenvalue weighted by molar-refractivity contribution is 5.34. The molecule has 0 aliphatic heterocycles. The van der Waals surface area contributed by atoms with Crippen LogP contribution in [0.25, 0.3) is 0 Å². The summed E-state index contributed by atoms with van der Waals surface area (Å²) < 4.78 is 7.13. The summed E-state index contributed by atoms with van der Waals surface area (Å²) in [5, 5.41) is 11.6. The lowest BCUT2D eigenvalue weighted by atomic mass is 10.2. The zero-order valence-electron chi connectivity index (χ0n) is 10.5. The molecule has 0 saturated carbocycles. The number of nitrogens with one attached hydrogen (secondary N) is 1. The Labute approximate surface area is 101 Å². The predicted molar refractivity (Wildman–Crippen MR) is 65.8 cm³/mol. The maximum atomic E-state index is 5.24. The van der Waals surface area contributed by atoms with Crippen LogP contribution < -0.4 is 5.32 Å². The molecule has 17 heavy (non-hydrogen) atoms. The fourth-order valence-corrected chi connectivity index (χ4v) is 1.71. The van der Waals surface area contributed by atoms with E-state index in [4.69, 9.17) is 4.52 Å². The quantitative estimate of drug-likeness (QED) is 0.863. The molecule has 5 nitrogen and oxygen atoms in total. The van der Waals surface area contributed by atoms with Gasteiger partial charge < -0.3 is 9.84 Å². The van der Waals surface area contributed by atoms with Crippen molar-refractivity contribution in [3.8, 4) is 0 Å². The molecular weight excluding hydrogens is 216 g/mol. The van der Waals surface area contributed by atoms with Gasteiger partial charge in [0.1, 0.15) is 17.3 Å². The number of nitrogens with zero attached hydrogens (tertiary/aromatic N) is 3. The second-order valence-electron chi connectivity index (χ2n) is 3.94. The van der Waals surface area contributed by atoms with E-state index in [1.54, 1.807) is 0 Å². The minimum atomic E-state index is 0.649. The van der Waals surface area contributed by atoms with Crippen LogP contribution >= 0.6 is 0 Å². The van der Waals surface area contributed by atoms with E-state index >= 15 is 0 Å². The van der Waals surface area contributed by atoms with Crippen LogP contribution in [-0.2, 0) is 19.5 Å². The van der Waals surface area contributed by atoms with Crippen molar-refractivity contribution in [3.63, 3.8) is 0 Å². The van der Waals surface area contributed by atoms with Gasteiger partial charge in [-0.2, -0.15) is 5.10 Å². The number of hydrogen-bond acceptors (Lipinski definition) is 4. The van der Waals surface area contributed by atoms with Gasteiger partial charge in [0.05, 0.1) is 6.54 Å². The first-order valence-corrected chi connectivity index (χ1v) is 5.96. The number of anilines is 1. The molecule has 0 radical (unpaired) electrons. The van der Waals surface area contributed by atoms with Crippen molar-refractivity contribution >= 4 is 5.82 Å². The van der Waals surface area contributed by atoms with Crippen molar-refractivity contribution in [1.29, 1.82) is 0 Å². The molecular formula is C12H18N4O. The molecule has 0 aliphatic rings. The van der Waals surface area contributed by atoms with Crippen LogP contribution in [0.5, 0.6) is 0 Å². The van der Waals surface area contributed by atoms with E-state index in [2.05, 4.69) is 29.4 Å². The minimum absolute atomic E-state index is 0.649. The van der Waals surface area contributed by atoms with Crippen LogP contribution in [-0.4, -0.2) is 14.9 Å². The molecule has 2 rings (SSSR count). The Balaban J connectivity index is 1.99. The van der Waals surface area contributed by atoms with Crippen LogP contribution in [0.3, 0.4) is 0 Å². The van der Waals surface area contributed by atoms with Crippen molar-refractivity contribution in [1.82, 2.24) is 14.9 Å². The Morgan fingerprint density at radius 1 is 1.41 bits per heavy atom. The first-order chi connectivity index (χ1) is 8.24. The average Bonchev–Trinajstić information content (AvgIpc) is 2.93. The smallest absolute Gasteiger partial charge is 0.148 e. The van der Waals surface area contributed by atoms with E-state index in [9.17, 15) is 0 Å². The summed E-state index contributed by atoms with van der Waals surface area (Å²) in [6.07, 6.45) is 2.83. The van der Waals surface area contributed by atoms with Gasteiger partial charge in [0, 0.05) is 30.8 Å². The first kappa shape index (κ1) is 11.7. The number of rotatable bonds is 5. The summed E-state index contributed by atoms with van der Waals surface area (Å²) in [6, 6.07) is 1.96. The van der Waals surface area contributed by atoms with Crippen LogP contribution in [0.2, 0.25) is 0 Å². The van der Waals surface area contributed by atoms with Crippen molar-refractivity contribution in [2.45, 2.75) is 40.3 Å². The predicted octanol–water partition coefficient (Wildman–Crippen LogP) is 2.37. The molecule has 5 heteroatoms. The summed E-state index contributed by atoms with van der Waals surface area (Å²) in [4.78, 5) is 0. The largest absolute Gasteiger partial charge is 0.363 e. The van der Waals surface area contributed by atoms with E-state index in [-0.39, 0.29) is 0 Å². The lowest BCUT2D eigenvalue weighted by Crippen LogP contribution is -2.03. The molecule has 2 aromatic rings. The highest BCUT2D eigenvalue weighted by Gasteiger charge is 2.10. The van der Waals surface area contributed by atoms with Crippen molar-refractivity contribution in [2.75, 3.05) is 5.32 Å². The number of hydrogen-bond donors (Lipinski definition) is 1. The Morgan fingerprint density at radius 2 is 2.24 bits per heavy atom. The third-order valence-corrected chi connectivity index (χ3v) is 2.84. The second kappa shape index (κ2) is 5.03. The van der Waals surface area contributed by atoms with Crippen molar-refractivity contribution in [2.24, 2.45) is 0 Å². The van der Waals surface area contributed by atoms with Gasteiger partial charge in [-0.05, 0) is 13.8 Å². The van der Waals surface area contributed by atoms with Crippen LogP contribution in [0.15, 0.2) is 16.8 Å². The van der Waals surface area contributed by atoms with E-state index in [1.807, 2.05) is 23.9 Å². The highest BCUT2D eigenvalue weighted by Crippen LogP contribution is 2.14. The Morgan fingerprint density at radius 3 is 2.82 bits per heavy atom. The van der Waals surface area contributed by atoms with Gasteiger partial charge in [0.15, 0.2) is 0 Å². The average molecular weight is 234 g/mol. The van der Waals surface area contributed by atoms with E-state index in [0.29, 0.717) is 6.54 Å². The Hall–Kier alpha value is -1.78. The normalized spacial score (nSPS) is 10.8. The Bertz CT molecular complexity index is 486. The molecule has 1 N–H and O–H groups in total. The minimum Gasteiger partial charge on any atom is -0.363 e. The molecule has 0 bridgehead atoms. The first-order valence-electron chi connectivity index (χ1n) is 5.96. The summed E-state index contributed by atoms with van der Waals surface area (Å²) in [5.74, 6) is 1.83. The summed E-state index contributed by atoms with van der Waals surface area (Å²) in [7, 11) is 0. The van der Waals surface area contributed by atoms with E-state index < -0.39 is 0 Å². The van der Waals surface area contributed by atoms with Gasteiger partial charge in [0.25, 0.3) is 0 Å². The monoisotopic (exact) mass is 234 g/mol. The molecule has 0 unspecified atom stereocenters. The molecule has 0 spiro atoms. The second-order valence-corrected chi connectivity index (χ2v) is 3.94. The molecule has 0 aromatic carbocycles. The highest BCUT2D eigenvalue weighted by atomic mass is 16.5. The summed E-state index contributed by atoms with van der Waals surface area (Å²) >= 11 is 0. The Kier molecular flexibility index (Phi) is 3.46. The zero-order chi connectivity index (χ0) is 12.3. The maximum absolute atomic E-state index is 5.24. The summed E-state index contributed by atoms with van der Waals surface area (Å²) in [6.45, 7) is 7.69. The summed E-state index contributed by atoms with van der Waals surface area (Å²) in [5.41, 5.74) is 2.09. The topological polar surface area (TPSA) is 55.9 Å². The fourth-order valence-electron chi connectivity index (χ4n) is 1.71. The molecule has 2 heterocycles. The fraction of sp³-hybridized carbons (Fsp3) is 0.500. The standard InChI is InChI=1S/C12H18N4O/c1-4-11-9(3)10(15-17-11)8-13-12-6-7-16(5-2)14-12/h6-7H,4-5,8H2,1-3H3,(H,13,14). The van der Waals surface area contributed by atoms with Gasteiger partial charge in [0.2, 0.25) is 0 Å². The van der Waals surface area contributed by atoms with Crippen molar-refractivity contribution < 1.29 is 4.52 Å². The van der Waals surface area contributed by atoms with Crippen LogP contribution in [0.1, 0.15) is 30.9 Å².